The minimum absolute atomic E-state index is 0.437. The zero-order valence-electron chi connectivity index (χ0n) is 14.9. The predicted molar refractivity (Wildman–Crippen MR) is 94.5 cm³/mol. The molecule has 0 spiro atoms. The summed E-state index contributed by atoms with van der Waals surface area (Å²) < 4.78 is 37.7. The van der Waals surface area contributed by atoms with Gasteiger partial charge in [0.05, 0.1) is 5.56 Å². The van der Waals surface area contributed by atoms with Gasteiger partial charge in [0.25, 0.3) is 0 Å². The van der Waals surface area contributed by atoms with Crippen molar-refractivity contribution in [1.29, 1.82) is 0 Å². The maximum atomic E-state index is 12.6. The van der Waals surface area contributed by atoms with E-state index in [1.54, 1.807) is 7.05 Å². The van der Waals surface area contributed by atoms with Crippen LogP contribution in [0.1, 0.15) is 30.4 Å². The molecule has 1 heterocycles. The average molecular weight is 356 g/mol. The number of nitrogens with zero attached hydrogens (tertiary/aromatic N) is 2. The fourth-order valence-electron chi connectivity index (χ4n) is 2.96. The molecule has 1 aliphatic rings. The van der Waals surface area contributed by atoms with Gasteiger partial charge in [0.1, 0.15) is 0 Å². The molecule has 1 aromatic carbocycles. The van der Waals surface area contributed by atoms with Crippen molar-refractivity contribution in [3.8, 4) is 0 Å². The van der Waals surface area contributed by atoms with E-state index in [-0.39, 0.29) is 0 Å². The van der Waals surface area contributed by atoms with Gasteiger partial charge < -0.3 is 15.5 Å². The number of hydrogen-bond acceptors (Lipinski definition) is 2. The zero-order chi connectivity index (χ0) is 18.3. The van der Waals surface area contributed by atoms with Crippen LogP contribution in [0.2, 0.25) is 0 Å². The summed E-state index contributed by atoms with van der Waals surface area (Å²) in [5.74, 6) is 1.42. The third-order valence-electron chi connectivity index (χ3n) is 4.65. The number of guanidine groups is 1. The van der Waals surface area contributed by atoms with E-state index in [0.29, 0.717) is 12.5 Å². The van der Waals surface area contributed by atoms with Crippen LogP contribution >= 0.6 is 0 Å². The number of nitrogens with one attached hydrogen (secondary N) is 2. The van der Waals surface area contributed by atoms with Gasteiger partial charge >= 0.3 is 6.18 Å². The summed E-state index contributed by atoms with van der Waals surface area (Å²) in [6.07, 6.45) is -0.724. The lowest BCUT2D eigenvalue weighted by Crippen LogP contribution is -2.38. The van der Waals surface area contributed by atoms with E-state index in [0.717, 1.165) is 49.7 Å². The maximum absolute atomic E-state index is 12.6. The Balaban J connectivity index is 1.71. The molecular weight excluding hydrogens is 329 g/mol. The Hall–Kier alpha value is -1.76. The minimum Gasteiger partial charge on any atom is -0.356 e. The van der Waals surface area contributed by atoms with E-state index in [1.807, 2.05) is 0 Å². The second-order valence-corrected chi connectivity index (χ2v) is 6.58. The predicted octanol–water partition coefficient (Wildman–Crippen LogP) is 3.10. The highest BCUT2D eigenvalue weighted by atomic mass is 19.4. The molecule has 0 unspecified atom stereocenters. The Morgan fingerprint density at radius 3 is 2.36 bits per heavy atom. The molecule has 0 aromatic heterocycles. The molecule has 4 nitrogen and oxygen atoms in total. The molecule has 0 atom stereocenters. The highest BCUT2D eigenvalue weighted by Crippen LogP contribution is 2.29. The lowest BCUT2D eigenvalue weighted by atomic mass is 9.94. The van der Waals surface area contributed by atoms with Gasteiger partial charge in [0.15, 0.2) is 5.96 Å². The van der Waals surface area contributed by atoms with Crippen molar-refractivity contribution in [2.75, 3.05) is 33.7 Å². The fourth-order valence-corrected chi connectivity index (χ4v) is 2.96. The van der Waals surface area contributed by atoms with Gasteiger partial charge in [-0.25, -0.2) is 0 Å². The summed E-state index contributed by atoms with van der Waals surface area (Å²) in [7, 11) is 3.85. The molecule has 2 rings (SSSR count). The van der Waals surface area contributed by atoms with Gasteiger partial charge in [0, 0.05) is 20.1 Å². The quantitative estimate of drug-likeness (QED) is 0.629. The number of likely N-dealkylation sites (tertiary alicyclic amines) is 1. The van der Waals surface area contributed by atoms with Crippen LogP contribution in [0.5, 0.6) is 0 Å². The second kappa shape index (κ2) is 9.08. The van der Waals surface area contributed by atoms with Crippen LogP contribution < -0.4 is 10.6 Å². The van der Waals surface area contributed by atoms with Crippen molar-refractivity contribution in [2.24, 2.45) is 10.9 Å². The first-order chi connectivity index (χ1) is 11.9. The molecule has 1 aromatic rings. The molecule has 7 heteroatoms. The molecule has 0 bridgehead atoms. The molecule has 1 aliphatic heterocycles. The number of hydrogen-bond donors (Lipinski definition) is 2. The van der Waals surface area contributed by atoms with Crippen molar-refractivity contribution in [1.82, 2.24) is 15.5 Å². The van der Waals surface area contributed by atoms with Crippen LogP contribution in [0, 0.1) is 5.92 Å². The summed E-state index contributed by atoms with van der Waals surface area (Å²) in [5.41, 5.74) is 0.156. The standard InChI is InChI=1S/C18H27F3N4/c1-22-17(23-10-7-14-8-11-25(2)12-9-14)24-13-15-3-5-16(6-4-15)18(19,20)21/h3-6,14H,7-13H2,1-2H3,(H2,22,23,24). The Morgan fingerprint density at radius 1 is 1.16 bits per heavy atom. The van der Waals surface area contributed by atoms with Gasteiger partial charge in [-0.3, -0.25) is 4.99 Å². The Bertz CT molecular complexity index is 546. The Labute approximate surface area is 147 Å². The van der Waals surface area contributed by atoms with Crippen molar-refractivity contribution in [3.63, 3.8) is 0 Å². The normalized spacial score (nSPS) is 17.6. The number of alkyl halides is 3. The van der Waals surface area contributed by atoms with Crippen LogP contribution in [-0.4, -0.2) is 44.6 Å². The van der Waals surface area contributed by atoms with Gasteiger partial charge in [0.2, 0.25) is 0 Å². The van der Waals surface area contributed by atoms with Crippen molar-refractivity contribution in [3.05, 3.63) is 35.4 Å². The molecule has 1 saturated heterocycles. The van der Waals surface area contributed by atoms with Crippen LogP contribution in [0.15, 0.2) is 29.3 Å². The van der Waals surface area contributed by atoms with Crippen LogP contribution in [0.25, 0.3) is 0 Å². The van der Waals surface area contributed by atoms with Crippen LogP contribution in [0.4, 0.5) is 13.2 Å². The van der Waals surface area contributed by atoms with Crippen molar-refractivity contribution < 1.29 is 13.2 Å². The number of halogens is 3. The summed E-state index contributed by atoms with van der Waals surface area (Å²) in [4.78, 5) is 6.52. The van der Waals surface area contributed by atoms with Gasteiger partial charge in [-0.05, 0) is 63.0 Å². The second-order valence-electron chi connectivity index (χ2n) is 6.58. The zero-order valence-corrected chi connectivity index (χ0v) is 14.9. The van der Waals surface area contributed by atoms with E-state index in [4.69, 9.17) is 0 Å². The maximum Gasteiger partial charge on any atom is 0.416 e. The summed E-state index contributed by atoms with van der Waals surface area (Å²) in [6, 6.07) is 5.18. The van der Waals surface area contributed by atoms with E-state index in [1.165, 1.54) is 25.0 Å². The van der Waals surface area contributed by atoms with E-state index in [9.17, 15) is 13.2 Å². The van der Waals surface area contributed by atoms with Gasteiger partial charge in [-0.2, -0.15) is 13.2 Å². The number of rotatable bonds is 5. The SMILES string of the molecule is CN=C(NCCC1CCN(C)CC1)NCc1ccc(C(F)(F)F)cc1. The third kappa shape index (κ3) is 6.57. The fraction of sp³-hybridized carbons (Fsp3) is 0.611. The average Bonchev–Trinajstić information content (AvgIpc) is 2.59. The molecule has 0 aliphatic carbocycles. The van der Waals surface area contributed by atoms with E-state index in [2.05, 4.69) is 27.6 Å². The van der Waals surface area contributed by atoms with Crippen molar-refractivity contribution in [2.45, 2.75) is 32.0 Å². The first-order valence-electron chi connectivity index (χ1n) is 8.67. The highest BCUT2D eigenvalue weighted by Gasteiger charge is 2.29. The lowest BCUT2D eigenvalue weighted by Gasteiger charge is -2.29. The Morgan fingerprint density at radius 2 is 1.80 bits per heavy atom. The van der Waals surface area contributed by atoms with Crippen LogP contribution in [0.3, 0.4) is 0 Å². The largest absolute Gasteiger partial charge is 0.416 e. The lowest BCUT2D eigenvalue weighted by molar-refractivity contribution is -0.137. The van der Waals surface area contributed by atoms with E-state index < -0.39 is 11.7 Å². The monoisotopic (exact) mass is 356 g/mol. The smallest absolute Gasteiger partial charge is 0.356 e. The highest BCUT2D eigenvalue weighted by molar-refractivity contribution is 5.79. The molecule has 140 valence electrons. The third-order valence-corrected chi connectivity index (χ3v) is 4.65. The molecule has 1 fully saturated rings. The topological polar surface area (TPSA) is 39.7 Å². The molecule has 2 N–H and O–H groups in total. The molecule has 25 heavy (non-hydrogen) atoms. The molecule has 0 saturated carbocycles. The number of aliphatic imine (C=N–C) groups is 1. The first kappa shape index (κ1) is 19.6. The molecular formula is C18H27F3N4. The van der Waals surface area contributed by atoms with E-state index >= 15 is 0 Å². The summed E-state index contributed by atoms with van der Waals surface area (Å²) >= 11 is 0. The summed E-state index contributed by atoms with van der Waals surface area (Å²) in [5, 5.41) is 6.42. The van der Waals surface area contributed by atoms with Crippen molar-refractivity contribution >= 4 is 5.96 Å². The molecule has 0 radical (unpaired) electrons. The number of benzene rings is 1. The minimum atomic E-state index is -4.29. The summed E-state index contributed by atoms with van der Waals surface area (Å²) in [6.45, 7) is 3.60. The number of piperidine rings is 1. The van der Waals surface area contributed by atoms with Crippen LogP contribution in [-0.2, 0) is 12.7 Å². The Kier molecular flexibility index (Phi) is 7.11. The molecule has 0 amide bonds. The first-order valence-corrected chi connectivity index (χ1v) is 8.67. The van der Waals surface area contributed by atoms with Gasteiger partial charge in [-0.15, -0.1) is 0 Å². The van der Waals surface area contributed by atoms with Gasteiger partial charge in [-0.1, -0.05) is 12.1 Å².